The van der Waals surface area contributed by atoms with Crippen molar-refractivity contribution in [2.45, 2.75) is 13.1 Å². The van der Waals surface area contributed by atoms with Gasteiger partial charge in [-0.2, -0.15) is 9.61 Å². The Bertz CT molecular complexity index is 1120. The Morgan fingerprint density at radius 2 is 1.81 bits per heavy atom. The molecule has 0 aliphatic carbocycles. The average molecular weight is 380 g/mol. The summed E-state index contributed by atoms with van der Waals surface area (Å²) in [5.41, 5.74) is 2.46. The highest BCUT2D eigenvalue weighted by molar-refractivity contribution is 7.19. The van der Waals surface area contributed by atoms with Crippen molar-refractivity contribution in [3.63, 3.8) is 0 Å². The molecule has 0 saturated carbocycles. The second kappa shape index (κ2) is 7.38. The van der Waals surface area contributed by atoms with E-state index in [1.807, 2.05) is 42.3 Å². The third-order valence-electron chi connectivity index (χ3n) is 4.12. The molecule has 5 nitrogen and oxygen atoms in total. The standard InChI is InChI=1S/C20H17FN4OS/c1-24(12-14-7-9-16(21)10-8-14)13-17-11-18(26)25-20(22-17)27-19(23-25)15-5-3-2-4-6-15/h2-11H,12-13H2,1H3. The van der Waals surface area contributed by atoms with Crippen LogP contribution in [0, 0.1) is 5.82 Å². The van der Waals surface area contributed by atoms with Gasteiger partial charge in [-0.3, -0.25) is 9.69 Å². The van der Waals surface area contributed by atoms with E-state index in [1.165, 1.54) is 34.1 Å². The molecule has 0 amide bonds. The van der Waals surface area contributed by atoms with Crippen molar-refractivity contribution >= 4 is 16.3 Å². The van der Waals surface area contributed by atoms with E-state index in [9.17, 15) is 9.18 Å². The number of fused-ring (bicyclic) bond motifs is 1. The molecule has 136 valence electrons. The number of halogens is 1. The van der Waals surface area contributed by atoms with Crippen LogP contribution in [0.25, 0.3) is 15.5 Å². The fourth-order valence-electron chi connectivity index (χ4n) is 2.87. The first-order valence-electron chi connectivity index (χ1n) is 8.47. The summed E-state index contributed by atoms with van der Waals surface area (Å²) in [5, 5.41) is 5.15. The number of nitrogens with zero attached hydrogens (tertiary/aromatic N) is 4. The van der Waals surface area contributed by atoms with E-state index in [0.29, 0.717) is 23.7 Å². The Labute approximate surface area is 159 Å². The molecule has 0 fully saturated rings. The quantitative estimate of drug-likeness (QED) is 0.531. The van der Waals surface area contributed by atoms with Gasteiger partial charge in [-0.1, -0.05) is 53.8 Å². The predicted octanol–water partition coefficient (Wildman–Crippen LogP) is 3.59. The Kier molecular flexibility index (Phi) is 4.79. The van der Waals surface area contributed by atoms with Gasteiger partial charge in [0.05, 0.1) is 5.69 Å². The summed E-state index contributed by atoms with van der Waals surface area (Å²) < 4.78 is 14.4. The molecule has 0 unspecified atom stereocenters. The molecule has 0 radical (unpaired) electrons. The first kappa shape index (κ1) is 17.5. The van der Waals surface area contributed by atoms with E-state index in [-0.39, 0.29) is 11.4 Å². The van der Waals surface area contributed by atoms with Gasteiger partial charge in [-0.25, -0.2) is 9.37 Å². The maximum atomic E-state index is 13.0. The molecule has 0 bridgehead atoms. The van der Waals surface area contributed by atoms with Crippen LogP contribution in [-0.4, -0.2) is 26.5 Å². The van der Waals surface area contributed by atoms with E-state index >= 15 is 0 Å². The van der Waals surface area contributed by atoms with Crippen LogP contribution in [-0.2, 0) is 13.1 Å². The van der Waals surface area contributed by atoms with E-state index in [4.69, 9.17) is 0 Å². The van der Waals surface area contributed by atoms with Crippen LogP contribution >= 0.6 is 11.3 Å². The third kappa shape index (κ3) is 3.94. The van der Waals surface area contributed by atoms with Crippen LogP contribution < -0.4 is 5.56 Å². The molecule has 7 heteroatoms. The molecular weight excluding hydrogens is 363 g/mol. The topological polar surface area (TPSA) is 50.5 Å². The molecule has 2 aromatic carbocycles. The summed E-state index contributed by atoms with van der Waals surface area (Å²) in [5.74, 6) is -0.249. The van der Waals surface area contributed by atoms with Crippen LogP contribution in [0.15, 0.2) is 65.5 Å². The monoisotopic (exact) mass is 380 g/mol. The molecule has 4 aromatic rings. The minimum absolute atomic E-state index is 0.191. The summed E-state index contributed by atoms with van der Waals surface area (Å²) in [7, 11) is 1.94. The van der Waals surface area contributed by atoms with Gasteiger partial charge in [0, 0.05) is 24.7 Å². The van der Waals surface area contributed by atoms with Crippen molar-refractivity contribution in [1.29, 1.82) is 0 Å². The number of aromatic nitrogens is 3. The lowest BCUT2D eigenvalue weighted by molar-refractivity contribution is 0.315. The van der Waals surface area contributed by atoms with Gasteiger partial charge in [0.25, 0.3) is 5.56 Å². The molecule has 0 aliphatic rings. The van der Waals surface area contributed by atoms with Crippen LogP contribution in [0.1, 0.15) is 11.3 Å². The summed E-state index contributed by atoms with van der Waals surface area (Å²) in [6, 6.07) is 17.7. The predicted molar refractivity (Wildman–Crippen MR) is 104 cm³/mol. The molecule has 2 heterocycles. The SMILES string of the molecule is CN(Cc1ccc(F)cc1)Cc1cc(=O)n2nc(-c3ccccc3)sc2n1. The molecular formula is C20H17FN4OS. The van der Waals surface area contributed by atoms with Gasteiger partial charge in [0.2, 0.25) is 4.96 Å². The number of benzene rings is 2. The van der Waals surface area contributed by atoms with Crippen molar-refractivity contribution in [2.24, 2.45) is 0 Å². The minimum atomic E-state index is -0.249. The van der Waals surface area contributed by atoms with E-state index in [1.54, 1.807) is 12.1 Å². The Morgan fingerprint density at radius 1 is 1.07 bits per heavy atom. The Hall–Kier alpha value is -2.90. The molecule has 0 atom stereocenters. The highest BCUT2D eigenvalue weighted by atomic mass is 32.1. The van der Waals surface area contributed by atoms with Crippen molar-refractivity contribution < 1.29 is 4.39 Å². The molecule has 0 aliphatic heterocycles. The van der Waals surface area contributed by atoms with Crippen LogP contribution in [0.3, 0.4) is 0 Å². The number of hydrogen-bond donors (Lipinski definition) is 0. The Balaban J connectivity index is 1.57. The second-order valence-corrected chi connectivity index (χ2v) is 7.31. The summed E-state index contributed by atoms with van der Waals surface area (Å²) in [4.78, 5) is 19.6. The van der Waals surface area contributed by atoms with Gasteiger partial charge in [0.1, 0.15) is 10.8 Å². The lowest BCUT2D eigenvalue weighted by Crippen LogP contribution is -2.21. The minimum Gasteiger partial charge on any atom is -0.296 e. The van der Waals surface area contributed by atoms with Gasteiger partial charge in [0.15, 0.2) is 0 Å². The first-order valence-corrected chi connectivity index (χ1v) is 9.28. The summed E-state index contributed by atoms with van der Waals surface area (Å²) in [6.07, 6.45) is 0. The van der Waals surface area contributed by atoms with E-state index in [2.05, 4.69) is 10.1 Å². The van der Waals surface area contributed by atoms with Crippen molar-refractivity contribution in [2.75, 3.05) is 7.05 Å². The van der Waals surface area contributed by atoms with Gasteiger partial charge in [-0.05, 0) is 24.7 Å². The molecule has 2 aromatic heterocycles. The second-order valence-electron chi connectivity index (χ2n) is 6.35. The highest BCUT2D eigenvalue weighted by Gasteiger charge is 2.12. The maximum Gasteiger partial charge on any atom is 0.275 e. The normalized spacial score (nSPS) is 11.4. The molecule has 4 rings (SSSR count). The zero-order valence-corrected chi connectivity index (χ0v) is 15.5. The van der Waals surface area contributed by atoms with Crippen LogP contribution in [0.2, 0.25) is 0 Å². The average Bonchev–Trinajstić information content (AvgIpc) is 3.09. The van der Waals surface area contributed by atoms with E-state index < -0.39 is 0 Å². The van der Waals surface area contributed by atoms with Crippen molar-refractivity contribution in [3.8, 4) is 10.6 Å². The highest BCUT2D eigenvalue weighted by Crippen LogP contribution is 2.23. The third-order valence-corrected chi connectivity index (χ3v) is 5.07. The van der Waals surface area contributed by atoms with Gasteiger partial charge >= 0.3 is 0 Å². The lowest BCUT2D eigenvalue weighted by atomic mass is 10.2. The fourth-order valence-corrected chi connectivity index (χ4v) is 3.80. The van der Waals surface area contributed by atoms with Crippen molar-refractivity contribution in [3.05, 3.63) is 88.1 Å². The fraction of sp³-hybridized carbons (Fsp3) is 0.150. The first-order chi connectivity index (χ1) is 13.1. The van der Waals surface area contributed by atoms with E-state index in [0.717, 1.165) is 16.1 Å². The molecule has 27 heavy (non-hydrogen) atoms. The Morgan fingerprint density at radius 3 is 2.56 bits per heavy atom. The molecule has 0 N–H and O–H groups in total. The zero-order valence-electron chi connectivity index (χ0n) is 14.7. The smallest absolute Gasteiger partial charge is 0.275 e. The van der Waals surface area contributed by atoms with Crippen LogP contribution in [0.5, 0.6) is 0 Å². The molecule has 0 saturated heterocycles. The maximum absolute atomic E-state index is 13.0. The van der Waals surface area contributed by atoms with Crippen molar-refractivity contribution in [1.82, 2.24) is 19.5 Å². The van der Waals surface area contributed by atoms with Gasteiger partial charge in [-0.15, -0.1) is 0 Å². The van der Waals surface area contributed by atoms with Crippen LogP contribution in [0.4, 0.5) is 4.39 Å². The largest absolute Gasteiger partial charge is 0.296 e. The molecule has 0 spiro atoms. The summed E-state index contributed by atoms with van der Waals surface area (Å²) in [6.45, 7) is 1.15. The number of rotatable bonds is 5. The summed E-state index contributed by atoms with van der Waals surface area (Å²) >= 11 is 1.39. The van der Waals surface area contributed by atoms with Gasteiger partial charge < -0.3 is 0 Å². The zero-order chi connectivity index (χ0) is 18.8. The lowest BCUT2D eigenvalue weighted by Gasteiger charge is -2.16. The number of hydrogen-bond acceptors (Lipinski definition) is 5.